The van der Waals surface area contributed by atoms with Crippen molar-refractivity contribution in [1.82, 2.24) is 0 Å². The average molecular weight is 210 g/mol. The quantitative estimate of drug-likeness (QED) is 0.812. The molecule has 3 heteroatoms. The van der Waals surface area contributed by atoms with Gasteiger partial charge >= 0.3 is 0 Å². The van der Waals surface area contributed by atoms with Gasteiger partial charge in [0.05, 0.1) is 12.7 Å². The van der Waals surface area contributed by atoms with Crippen molar-refractivity contribution in [1.29, 1.82) is 0 Å². The van der Waals surface area contributed by atoms with Crippen molar-refractivity contribution in [2.24, 2.45) is 0 Å². The minimum atomic E-state index is -0.859. The van der Waals surface area contributed by atoms with Crippen LogP contribution in [0.25, 0.3) is 0 Å². The van der Waals surface area contributed by atoms with Crippen LogP contribution in [0.15, 0.2) is 6.07 Å². The zero-order valence-electron chi connectivity index (χ0n) is 9.22. The van der Waals surface area contributed by atoms with Crippen LogP contribution in [0.2, 0.25) is 0 Å². The van der Waals surface area contributed by atoms with Crippen molar-refractivity contribution < 1.29 is 14.2 Å². The number of ether oxygens (including phenoxy) is 1. The lowest BCUT2D eigenvalue weighted by molar-refractivity contribution is 0.146. The summed E-state index contributed by atoms with van der Waals surface area (Å²) in [5.74, 6) is 0.345. The Morgan fingerprint density at radius 3 is 2.47 bits per heavy atom. The predicted molar refractivity (Wildman–Crippen MR) is 55.6 cm³/mol. The molecule has 1 N–H and O–H groups in total. The molecular formula is C12H15FO2. The highest BCUT2D eigenvalue weighted by molar-refractivity contribution is 5.51. The molecule has 0 bridgehead atoms. The summed E-state index contributed by atoms with van der Waals surface area (Å²) in [5, 5.41) is 10.1. The molecule has 0 radical (unpaired) electrons. The van der Waals surface area contributed by atoms with Crippen molar-refractivity contribution in [2.45, 2.75) is 32.3 Å². The number of benzene rings is 1. The lowest BCUT2D eigenvalue weighted by Gasteiger charge is -2.19. The van der Waals surface area contributed by atoms with Gasteiger partial charge in [0.15, 0.2) is 0 Å². The van der Waals surface area contributed by atoms with Crippen LogP contribution in [-0.2, 0) is 5.60 Å². The lowest BCUT2D eigenvalue weighted by atomic mass is 9.97. The molecule has 1 aliphatic rings. The van der Waals surface area contributed by atoms with Crippen molar-refractivity contribution in [2.75, 3.05) is 7.11 Å². The van der Waals surface area contributed by atoms with E-state index in [4.69, 9.17) is 4.74 Å². The molecule has 2 nitrogen and oxygen atoms in total. The highest BCUT2D eigenvalue weighted by Crippen LogP contribution is 2.51. The van der Waals surface area contributed by atoms with Gasteiger partial charge in [0.25, 0.3) is 0 Å². The first-order valence-electron chi connectivity index (χ1n) is 5.06. The number of hydrogen-bond acceptors (Lipinski definition) is 2. The maximum absolute atomic E-state index is 13.5. The van der Waals surface area contributed by atoms with Gasteiger partial charge in [-0.15, -0.1) is 0 Å². The van der Waals surface area contributed by atoms with Crippen LogP contribution in [0.3, 0.4) is 0 Å². The molecule has 0 amide bonds. The number of hydrogen-bond donors (Lipinski definition) is 1. The number of aliphatic hydroxyl groups is 1. The summed E-state index contributed by atoms with van der Waals surface area (Å²) in [6, 6.07) is 1.45. The van der Waals surface area contributed by atoms with Crippen LogP contribution in [0, 0.1) is 19.7 Å². The van der Waals surface area contributed by atoms with Crippen LogP contribution < -0.4 is 4.74 Å². The Hall–Kier alpha value is -1.09. The molecule has 1 aromatic carbocycles. The van der Waals surface area contributed by atoms with Crippen LogP contribution in [-0.4, -0.2) is 12.2 Å². The number of halogens is 1. The van der Waals surface area contributed by atoms with Crippen molar-refractivity contribution in [3.05, 3.63) is 28.6 Å². The zero-order valence-corrected chi connectivity index (χ0v) is 9.22. The number of aryl methyl sites for hydroxylation is 1. The molecule has 0 unspecified atom stereocenters. The van der Waals surface area contributed by atoms with E-state index in [2.05, 4.69) is 0 Å². The van der Waals surface area contributed by atoms with E-state index in [1.807, 2.05) is 0 Å². The Morgan fingerprint density at radius 2 is 2.00 bits per heavy atom. The molecule has 82 valence electrons. The predicted octanol–water partition coefficient (Wildman–Crippen LogP) is 2.43. The summed E-state index contributed by atoms with van der Waals surface area (Å²) in [5.41, 5.74) is 0.998. The molecule has 1 aliphatic carbocycles. The Morgan fingerprint density at radius 1 is 1.40 bits per heavy atom. The van der Waals surface area contributed by atoms with E-state index in [0.29, 0.717) is 29.7 Å². The largest absolute Gasteiger partial charge is 0.496 e. The minimum Gasteiger partial charge on any atom is -0.496 e. The molecule has 15 heavy (non-hydrogen) atoms. The van der Waals surface area contributed by atoms with Crippen LogP contribution in [0.5, 0.6) is 5.75 Å². The summed E-state index contributed by atoms with van der Waals surface area (Å²) < 4.78 is 18.8. The van der Waals surface area contributed by atoms with Crippen molar-refractivity contribution in [3.63, 3.8) is 0 Å². The molecule has 0 spiro atoms. The third kappa shape index (κ3) is 1.51. The zero-order chi connectivity index (χ0) is 11.2. The molecule has 1 aromatic rings. The second-order valence-electron chi connectivity index (χ2n) is 4.24. The SMILES string of the molecule is COc1c(C)cc(F)c(C)c1C1(O)CC1. The van der Waals surface area contributed by atoms with Gasteiger partial charge in [-0.3, -0.25) is 0 Å². The highest BCUT2D eigenvalue weighted by Gasteiger charge is 2.46. The normalized spacial score (nSPS) is 17.7. The second kappa shape index (κ2) is 3.20. The van der Waals surface area contributed by atoms with Crippen LogP contribution in [0.4, 0.5) is 4.39 Å². The molecule has 2 rings (SSSR count). The molecule has 1 saturated carbocycles. The topological polar surface area (TPSA) is 29.5 Å². The first-order chi connectivity index (χ1) is 6.99. The Bertz CT molecular complexity index is 409. The number of methoxy groups -OCH3 is 1. The van der Waals surface area contributed by atoms with Gasteiger partial charge in [0.2, 0.25) is 0 Å². The Kier molecular flexibility index (Phi) is 2.23. The van der Waals surface area contributed by atoms with E-state index in [-0.39, 0.29) is 5.82 Å². The van der Waals surface area contributed by atoms with Gasteiger partial charge in [-0.05, 0) is 43.9 Å². The van der Waals surface area contributed by atoms with E-state index in [9.17, 15) is 9.50 Å². The molecule has 0 aliphatic heterocycles. The van der Waals surface area contributed by atoms with E-state index in [1.165, 1.54) is 6.07 Å². The van der Waals surface area contributed by atoms with Gasteiger partial charge in [-0.25, -0.2) is 4.39 Å². The summed E-state index contributed by atoms with van der Waals surface area (Å²) in [6.07, 6.45) is 1.38. The number of rotatable bonds is 2. The van der Waals surface area contributed by atoms with Crippen molar-refractivity contribution in [3.8, 4) is 5.75 Å². The van der Waals surface area contributed by atoms with Gasteiger partial charge in [-0.2, -0.15) is 0 Å². The summed E-state index contributed by atoms with van der Waals surface area (Å²) in [7, 11) is 1.55. The fourth-order valence-corrected chi connectivity index (χ4v) is 2.04. The van der Waals surface area contributed by atoms with Gasteiger partial charge in [0, 0.05) is 5.56 Å². The average Bonchev–Trinajstić information content (AvgIpc) is 2.90. The lowest BCUT2D eigenvalue weighted by Crippen LogP contribution is -2.11. The summed E-state index contributed by atoms with van der Waals surface area (Å²) in [6.45, 7) is 3.47. The third-order valence-electron chi connectivity index (χ3n) is 3.05. The maximum Gasteiger partial charge on any atom is 0.128 e. The minimum absolute atomic E-state index is 0.274. The Balaban J connectivity index is 2.68. The van der Waals surface area contributed by atoms with E-state index < -0.39 is 5.60 Å². The highest BCUT2D eigenvalue weighted by atomic mass is 19.1. The van der Waals surface area contributed by atoms with E-state index >= 15 is 0 Å². The third-order valence-corrected chi connectivity index (χ3v) is 3.05. The first-order valence-corrected chi connectivity index (χ1v) is 5.06. The van der Waals surface area contributed by atoms with Gasteiger partial charge in [0.1, 0.15) is 11.6 Å². The second-order valence-corrected chi connectivity index (χ2v) is 4.24. The standard InChI is InChI=1S/C12H15FO2/c1-7-6-9(13)8(2)10(11(7)15-3)12(14)4-5-12/h6,14H,4-5H2,1-3H3. The van der Waals surface area contributed by atoms with Crippen LogP contribution >= 0.6 is 0 Å². The smallest absolute Gasteiger partial charge is 0.128 e. The van der Waals surface area contributed by atoms with E-state index in [1.54, 1.807) is 21.0 Å². The molecule has 0 atom stereocenters. The van der Waals surface area contributed by atoms with Crippen LogP contribution in [0.1, 0.15) is 29.5 Å². The molecule has 0 aromatic heterocycles. The molecule has 1 fully saturated rings. The fraction of sp³-hybridized carbons (Fsp3) is 0.500. The summed E-state index contributed by atoms with van der Waals surface area (Å²) in [4.78, 5) is 0. The molecule has 0 saturated heterocycles. The Labute approximate surface area is 88.7 Å². The van der Waals surface area contributed by atoms with Crippen molar-refractivity contribution >= 4 is 0 Å². The summed E-state index contributed by atoms with van der Waals surface area (Å²) >= 11 is 0. The monoisotopic (exact) mass is 210 g/mol. The molecule has 0 heterocycles. The molecular weight excluding hydrogens is 195 g/mol. The fourth-order valence-electron chi connectivity index (χ4n) is 2.04. The maximum atomic E-state index is 13.5. The van der Waals surface area contributed by atoms with Gasteiger partial charge in [-0.1, -0.05) is 0 Å². The van der Waals surface area contributed by atoms with E-state index in [0.717, 1.165) is 5.56 Å². The van der Waals surface area contributed by atoms with Gasteiger partial charge < -0.3 is 9.84 Å². The first kappa shape index (κ1) is 10.4.